The lowest BCUT2D eigenvalue weighted by Crippen LogP contribution is -2.43. The third-order valence-corrected chi connectivity index (χ3v) is 4.12. The van der Waals surface area contributed by atoms with Gasteiger partial charge in [-0.2, -0.15) is 0 Å². The van der Waals surface area contributed by atoms with E-state index in [-0.39, 0.29) is 6.04 Å². The molecule has 1 fully saturated rings. The predicted octanol–water partition coefficient (Wildman–Crippen LogP) is 2.34. The molecular formula is C19H28N2O5. The van der Waals surface area contributed by atoms with Crippen molar-refractivity contribution in [2.24, 2.45) is 0 Å². The molecule has 144 valence electrons. The summed E-state index contributed by atoms with van der Waals surface area (Å²) < 4.78 is 15.5. The molecular weight excluding hydrogens is 336 g/mol. The number of methoxy groups -OCH3 is 2. The van der Waals surface area contributed by atoms with Gasteiger partial charge < -0.3 is 19.5 Å². The largest absolute Gasteiger partial charge is 0.497 e. The average molecular weight is 364 g/mol. The summed E-state index contributed by atoms with van der Waals surface area (Å²) in [4.78, 5) is 26.0. The molecule has 0 unspecified atom stereocenters. The number of carbonyl (C=O) groups is 2. The number of nitrogens with one attached hydrogen (secondary N) is 1. The van der Waals surface area contributed by atoms with Crippen LogP contribution in [0.3, 0.4) is 0 Å². The highest BCUT2D eigenvalue weighted by Gasteiger charge is 2.42. The topological polar surface area (TPSA) is 77.1 Å². The average Bonchev–Trinajstić information content (AvgIpc) is 3.02. The Hall–Kier alpha value is -2.28. The third kappa shape index (κ3) is 5.36. The van der Waals surface area contributed by atoms with Crippen molar-refractivity contribution in [1.82, 2.24) is 10.2 Å². The lowest BCUT2D eigenvalue weighted by Gasteiger charge is -2.26. The van der Waals surface area contributed by atoms with Gasteiger partial charge in [-0.05, 0) is 44.9 Å². The number of amides is 1. The number of nitrogens with zero attached hydrogens (tertiary/aromatic N) is 1. The Kier molecular flexibility index (Phi) is 6.47. The smallest absolute Gasteiger partial charge is 0.410 e. The number of ether oxygens (including phenoxy) is 3. The molecule has 7 nitrogen and oxygen atoms in total. The molecule has 1 saturated heterocycles. The quantitative estimate of drug-likeness (QED) is 0.808. The summed E-state index contributed by atoms with van der Waals surface area (Å²) >= 11 is 0. The summed E-state index contributed by atoms with van der Waals surface area (Å²) in [5, 5.41) is 3.39. The molecule has 1 N–H and O–H groups in total. The maximum atomic E-state index is 12.5. The van der Waals surface area contributed by atoms with Crippen LogP contribution in [0.4, 0.5) is 4.79 Å². The molecule has 1 aromatic carbocycles. The SMILES string of the molecule is COC(=O)N1C[C@@H](NCc2cccc(OC)c2)C[C@H]1C(=O)OC(C)(C)C. The van der Waals surface area contributed by atoms with Gasteiger partial charge in [0, 0.05) is 19.1 Å². The van der Waals surface area contributed by atoms with E-state index < -0.39 is 23.7 Å². The van der Waals surface area contributed by atoms with E-state index in [2.05, 4.69) is 5.32 Å². The zero-order chi connectivity index (χ0) is 19.3. The molecule has 2 atom stereocenters. The van der Waals surface area contributed by atoms with Gasteiger partial charge in [-0.3, -0.25) is 4.90 Å². The van der Waals surface area contributed by atoms with Gasteiger partial charge in [0.15, 0.2) is 0 Å². The maximum absolute atomic E-state index is 12.5. The Balaban J connectivity index is 2.02. The van der Waals surface area contributed by atoms with Crippen LogP contribution in [0.15, 0.2) is 24.3 Å². The first-order valence-electron chi connectivity index (χ1n) is 8.67. The molecule has 2 rings (SSSR count). The highest BCUT2D eigenvalue weighted by molar-refractivity contribution is 5.82. The second-order valence-electron chi connectivity index (χ2n) is 7.34. The van der Waals surface area contributed by atoms with Crippen molar-refractivity contribution in [2.75, 3.05) is 20.8 Å². The van der Waals surface area contributed by atoms with Crippen molar-refractivity contribution in [3.8, 4) is 5.75 Å². The summed E-state index contributed by atoms with van der Waals surface area (Å²) in [6.45, 7) is 6.42. The fourth-order valence-corrected chi connectivity index (χ4v) is 2.94. The van der Waals surface area contributed by atoms with Crippen molar-refractivity contribution in [3.05, 3.63) is 29.8 Å². The Morgan fingerprint density at radius 2 is 2.00 bits per heavy atom. The summed E-state index contributed by atoms with van der Waals surface area (Å²) in [5.41, 5.74) is 0.458. The van der Waals surface area contributed by atoms with E-state index in [1.54, 1.807) is 27.9 Å². The van der Waals surface area contributed by atoms with E-state index in [1.165, 1.54) is 12.0 Å². The minimum absolute atomic E-state index is 0.0298. The summed E-state index contributed by atoms with van der Waals surface area (Å²) in [6.07, 6.45) is -0.0416. The van der Waals surface area contributed by atoms with Crippen LogP contribution in [0, 0.1) is 0 Å². The van der Waals surface area contributed by atoms with Crippen LogP contribution >= 0.6 is 0 Å². The van der Waals surface area contributed by atoms with Gasteiger partial charge in [0.1, 0.15) is 17.4 Å². The minimum atomic E-state index is -0.649. The van der Waals surface area contributed by atoms with Crippen LogP contribution in [-0.4, -0.2) is 55.4 Å². The number of esters is 1. The van der Waals surface area contributed by atoms with Crippen LogP contribution in [0.2, 0.25) is 0 Å². The molecule has 0 spiro atoms. The number of benzene rings is 1. The van der Waals surface area contributed by atoms with Crippen LogP contribution in [0.25, 0.3) is 0 Å². The van der Waals surface area contributed by atoms with Crippen LogP contribution in [0.1, 0.15) is 32.8 Å². The van der Waals surface area contributed by atoms with E-state index in [1.807, 2.05) is 24.3 Å². The molecule has 0 aromatic heterocycles. The lowest BCUT2D eigenvalue weighted by atomic mass is 10.1. The molecule has 7 heteroatoms. The van der Waals surface area contributed by atoms with E-state index in [4.69, 9.17) is 14.2 Å². The molecule has 0 aliphatic carbocycles. The van der Waals surface area contributed by atoms with Gasteiger partial charge in [-0.1, -0.05) is 12.1 Å². The second-order valence-corrected chi connectivity index (χ2v) is 7.34. The first kappa shape index (κ1) is 20.0. The minimum Gasteiger partial charge on any atom is -0.497 e. The molecule has 1 aromatic rings. The third-order valence-electron chi connectivity index (χ3n) is 4.12. The second kappa shape index (κ2) is 8.40. The van der Waals surface area contributed by atoms with Gasteiger partial charge >= 0.3 is 12.1 Å². The van der Waals surface area contributed by atoms with Crippen molar-refractivity contribution >= 4 is 12.1 Å². The highest BCUT2D eigenvalue weighted by Crippen LogP contribution is 2.23. The standard InChI is InChI=1S/C19H28N2O5/c1-19(2,3)26-17(22)16-10-14(12-21(16)18(23)25-5)20-11-13-7-6-8-15(9-13)24-4/h6-9,14,16,20H,10-12H2,1-5H3/t14-,16-/m0/s1. The molecule has 0 radical (unpaired) electrons. The Morgan fingerprint density at radius 3 is 2.62 bits per heavy atom. The summed E-state index contributed by atoms with van der Waals surface area (Å²) in [6, 6.07) is 7.08. The van der Waals surface area contributed by atoms with Crippen LogP contribution in [-0.2, 0) is 20.8 Å². The van der Waals surface area contributed by atoms with Crippen molar-refractivity contribution in [2.45, 2.75) is 51.4 Å². The zero-order valence-corrected chi connectivity index (χ0v) is 16.1. The molecule has 1 aliphatic rings. The van der Waals surface area contributed by atoms with E-state index in [9.17, 15) is 9.59 Å². The number of hydrogen-bond donors (Lipinski definition) is 1. The number of hydrogen-bond acceptors (Lipinski definition) is 6. The Morgan fingerprint density at radius 1 is 1.27 bits per heavy atom. The van der Waals surface area contributed by atoms with Gasteiger partial charge in [-0.15, -0.1) is 0 Å². The van der Waals surface area contributed by atoms with Gasteiger partial charge in [0.25, 0.3) is 0 Å². The monoisotopic (exact) mass is 364 g/mol. The Labute approximate surface area is 154 Å². The normalized spacial score (nSPS) is 20.0. The zero-order valence-electron chi connectivity index (χ0n) is 16.1. The molecule has 26 heavy (non-hydrogen) atoms. The maximum Gasteiger partial charge on any atom is 0.410 e. The van der Waals surface area contributed by atoms with Crippen molar-refractivity contribution < 1.29 is 23.8 Å². The van der Waals surface area contributed by atoms with Gasteiger partial charge in [0.05, 0.1) is 14.2 Å². The molecule has 0 bridgehead atoms. The molecule has 1 aliphatic heterocycles. The van der Waals surface area contributed by atoms with Crippen LogP contribution in [0.5, 0.6) is 5.75 Å². The highest BCUT2D eigenvalue weighted by atomic mass is 16.6. The molecule has 1 heterocycles. The summed E-state index contributed by atoms with van der Waals surface area (Å²) in [5.74, 6) is 0.382. The van der Waals surface area contributed by atoms with Crippen molar-refractivity contribution in [3.63, 3.8) is 0 Å². The fourth-order valence-electron chi connectivity index (χ4n) is 2.94. The van der Waals surface area contributed by atoms with Gasteiger partial charge in [-0.25, -0.2) is 9.59 Å². The molecule has 0 saturated carbocycles. The fraction of sp³-hybridized carbons (Fsp3) is 0.579. The number of carbonyl (C=O) groups excluding carboxylic acids is 2. The number of likely N-dealkylation sites (tertiary alicyclic amines) is 1. The lowest BCUT2D eigenvalue weighted by molar-refractivity contribution is -0.159. The van der Waals surface area contributed by atoms with Gasteiger partial charge in [0.2, 0.25) is 0 Å². The van der Waals surface area contributed by atoms with E-state index >= 15 is 0 Å². The number of rotatable bonds is 5. The van der Waals surface area contributed by atoms with Crippen molar-refractivity contribution in [1.29, 1.82) is 0 Å². The Bertz CT molecular complexity index is 641. The molecule has 1 amide bonds. The van der Waals surface area contributed by atoms with E-state index in [0.717, 1.165) is 11.3 Å². The predicted molar refractivity (Wildman–Crippen MR) is 97.0 cm³/mol. The van der Waals surface area contributed by atoms with E-state index in [0.29, 0.717) is 19.5 Å². The summed E-state index contributed by atoms with van der Waals surface area (Å²) in [7, 11) is 2.94. The first-order valence-corrected chi connectivity index (χ1v) is 8.67. The van der Waals surface area contributed by atoms with Crippen LogP contribution < -0.4 is 10.1 Å². The first-order chi connectivity index (χ1) is 12.2.